The molecule has 0 bridgehead atoms. The zero-order valence-corrected chi connectivity index (χ0v) is 11.6. The van der Waals surface area contributed by atoms with E-state index in [4.69, 9.17) is 9.47 Å². The van der Waals surface area contributed by atoms with Crippen LogP contribution >= 0.6 is 0 Å². The van der Waals surface area contributed by atoms with Gasteiger partial charge in [0.1, 0.15) is 5.75 Å². The molecule has 0 aromatic heterocycles. The highest BCUT2D eigenvalue weighted by atomic mass is 16.5. The number of nitrogens with zero attached hydrogens (tertiary/aromatic N) is 1. The van der Waals surface area contributed by atoms with E-state index < -0.39 is 0 Å². The Balaban J connectivity index is 2.00. The van der Waals surface area contributed by atoms with Gasteiger partial charge in [-0.15, -0.1) is 0 Å². The monoisotopic (exact) mass is 263 g/mol. The number of ketones is 1. The summed E-state index contributed by atoms with van der Waals surface area (Å²) in [6.45, 7) is 4.89. The standard InChI is InChI=1S/C15H21NO3/c1-3-12-10-16(8-9-19-12)11-14(17)13-6-4-5-7-15(13)18-2/h4-7,12H,3,8-11H2,1-2H3. The molecule has 4 nitrogen and oxygen atoms in total. The van der Waals surface area contributed by atoms with Gasteiger partial charge in [-0.2, -0.15) is 0 Å². The van der Waals surface area contributed by atoms with Crippen molar-refractivity contribution in [2.24, 2.45) is 0 Å². The van der Waals surface area contributed by atoms with Crippen molar-refractivity contribution >= 4 is 5.78 Å². The van der Waals surface area contributed by atoms with Gasteiger partial charge in [-0.25, -0.2) is 0 Å². The van der Waals surface area contributed by atoms with Crippen LogP contribution in [0.15, 0.2) is 24.3 Å². The predicted molar refractivity (Wildman–Crippen MR) is 73.8 cm³/mol. The quantitative estimate of drug-likeness (QED) is 0.762. The summed E-state index contributed by atoms with van der Waals surface area (Å²) in [7, 11) is 1.59. The number of methoxy groups -OCH3 is 1. The van der Waals surface area contributed by atoms with E-state index in [1.54, 1.807) is 7.11 Å². The van der Waals surface area contributed by atoms with Crippen LogP contribution in [0, 0.1) is 0 Å². The number of carbonyl (C=O) groups excluding carboxylic acids is 1. The fraction of sp³-hybridized carbons (Fsp3) is 0.533. The number of carbonyl (C=O) groups is 1. The first kappa shape index (κ1) is 14.0. The van der Waals surface area contributed by atoms with Gasteiger partial charge < -0.3 is 9.47 Å². The maximum atomic E-state index is 12.3. The summed E-state index contributed by atoms with van der Waals surface area (Å²) in [4.78, 5) is 14.5. The Morgan fingerprint density at radius 1 is 1.47 bits per heavy atom. The van der Waals surface area contributed by atoms with Crippen molar-refractivity contribution in [2.75, 3.05) is 33.4 Å². The third kappa shape index (κ3) is 3.55. The summed E-state index contributed by atoms with van der Waals surface area (Å²) in [5, 5.41) is 0. The maximum absolute atomic E-state index is 12.3. The van der Waals surface area contributed by atoms with Gasteiger partial charge in [0.25, 0.3) is 0 Å². The van der Waals surface area contributed by atoms with Crippen LogP contribution in [0.3, 0.4) is 0 Å². The first-order chi connectivity index (χ1) is 9.24. The van der Waals surface area contributed by atoms with Crippen LogP contribution in [-0.2, 0) is 4.74 Å². The van der Waals surface area contributed by atoms with Crippen molar-refractivity contribution in [3.8, 4) is 5.75 Å². The molecule has 1 aromatic rings. The van der Waals surface area contributed by atoms with Crippen LogP contribution in [0.5, 0.6) is 5.75 Å². The van der Waals surface area contributed by atoms with E-state index in [1.165, 1.54) is 0 Å². The zero-order chi connectivity index (χ0) is 13.7. The number of Topliss-reactive ketones (excluding diaryl/α,β-unsaturated/α-hetero) is 1. The normalized spacial score (nSPS) is 20.2. The molecule has 1 unspecified atom stereocenters. The first-order valence-corrected chi connectivity index (χ1v) is 6.74. The Labute approximate surface area is 114 Å². The van der Waals surface area contributed by atoms with Crippen LogP contribution in [0.2, 0.25) is 0 Å². The molecular weight excluding hydrogens is 242 g/mol. The molecular formula is C15H21NO3. The Morgan fingerprint density at radius 2 is 2.26 bits per heavy atom. The van der Waals surface area contributed by atoms with Crippen molar-refractivity contribution < 1.29 is 14.3 Å². The lowest BCUT2D eigenvalue weighted by Gasteiger charge is -2.31. The topological polar surface area (TPSA) is 38.8 Å². The smallest absolute Gasteiger partial charge is 0.180 e. The largest absolute Gasteiger partial charge is 0.496 e. The minimum atomic E-state index is 0.106. The SMILES string of the molecule is CCC1CN(CC(=O)c2ccccc2OC)CCO1. The molecule has 1 aromatic carbocycles. The van der Waals surface area contributed by atoms with Gasteiger partial charge in [0.2, 0.25) is 0 Å². The molecule has 1 heterocycles. The molecule has 4 heteroatoms. The second-order valence-corrected chi connectivity index (χ2v) is 4.76. The lowest BCUT2D eigenvalue weighted by molar-refractivity contribution is -0.0271. The number of rotatable bonds is 5. The first-order valence-electron chi connectivity index (χ1n) is 6.74. The van der Waals surface area contributed by atoms with Gasteiger partial charge in [-0.05, 0) is 18.6 Å². The van der Waals surface area contributed by atoms with E-state index in [1.807, 2.05) is 24.3 Å². The number of ether oxygens (including phenoxy) is 2. The molecule has 1 atom stereocenters. The van der Waals surface area contributed by atoms with E-state index >= 15 is 0 Å². The molecule has 0 N–H and O–H groups in total. The molecule has 1 saturated heterocycles. The summed E-state index contributed by atoms with van der Waals surface area (Å²) < 4.78 is 10.8. The molecule has 104 valence electrons. The minimum absolute atomic E-state index is 0.106. The molecule has 0 radical (unpaired) electrons. The van der Waals surface area contributed by atoms with E-state index in [0.29, 0.717) is 24.5 Å². The molecule has 0 spiro atoms. The molecule has 1 aliphatic heterocycles. The Morgan fingerprint density at radius 3 is 3.00 bits per heavy atom. The van der Waals surface area contributed by atoms with E-state index in [9.17, 15) is 4.79 Å². The van der Waals surface area contributed by atoms with Gasteiger partial charge in [-0.3, -0.25) is 9.69 Å². The van der Waals surface area contributed by atoms with Gasteiger partial charge in [0, 0.05) is 13.1 Å². The number of morpholine rings is 1. The van der Waals surface area contributed by atoms with Crippen molar-refractivity contribution in [3.05, 3.63) is 29.8 Å². The molecule has 1 fully saturated rings. The van der Waals surface area contributed by atoms with E-state index in [-0.39, 0.29) is 11.9 Å². The van der Waals surface area contributed by atoms with E-state index in [2.05, 4.69) is 11.8 Å². The predicted octanol–water partition coefficient (Wildman–Crippen LogP) is 1.99. The van der Waals surface area contributed by atoms with Gasteiger partial charge in [0.05, 0.1) is 31.9 Å². The van der Waals surface area contributed by atoms with Crippen molar-refractivity contribution in [3.63, 3.8) is 0 Å². The fourth-order valence-electron chi connectivity index (χ4n) is 2.33. The third-order valence-corrected chi connectivity index (χ3v) is 3.45. The molecule has 19 heavy (non-hydrogen) atoms. The summed E-state index contributed by atoms with van der Waals surface area (Å²) in [5.74, 6) is 0.752. The fourth-order valence-corrected chi connectivity index (χ4v) is 2.33. The number of benzene rings is 1. The Kier molecular flexibility index (Phi) is 4.93. The highest BCUT2D eigenvalue weighted by Crippen LogP contribution is 2.18. The lowest BCUT2D eigenvalue weighted by Crippen LogP contribution is -2.44. The molecule has 0 saturated carbocycles. The number of hydrogen-bond donors (Lipinski definition) is 0. The van der Waals surface area contributed by atoms with Crippen molar-refractivity contribution in [1.29, 1.82) is 0 Å². The molecule has 0 amide bonds. The average Bonchev–Trinajstić information content (AvgIpc) is 2.47. The summed E-state index contributed by atoms with van der Waals surface area (Å²) in [6, 6.07) is 7.38. The highest BCUT2D eigenvalue weighted by molar-refractivity contribution is 6.00. The van der Waals surface area contributed by atoms with Crippen LogP contribution in [-0.4, -0.2) is 50.1 Å². The maximum Gasteiger partial charge on any atom is 0.180 e. The number of hydrogen-bond acceptors (Lipinski definition) is 4. The van der Waals surface area contributed by atoms with Crippen LogP contribution in [0.1, 0.15) is 23.7 Å². The lowest BCUT2D eigenvalue weighted by atomic mass is 10.1. The van der Waals surface area contributed by atoms with Crippen molar-refractivity contribution in [2.45, 2.75) is 19.4 Å². The summed E-state index contributed by atoms with van der Waals surface area (Å²) in [5.41, 5.74) is 0.657. The molecule has 2 rings (SSSR count). The highest BCUT2D eigenvalue weighted by Gasteiger charge is 2.22. The van der Waals surface area contributed by atoms with E-state index in [0.717, 1.165) is 19.5 Å². The Bertz CT molecular complexity index is 433. The summed E-state index contributed by atoms with van der Waals surface area (Å²) >= 11 is 0. The minimum Gasteiger partial charge on any atom is -0.496 e. The van der Waals surface area contributed by atoms with Crippen LogP contribution in [0.4, 0.5) is 0 Å². The van der Waals surface area contributed by atoms with Gasteiger partial charge >= 0.3 is 0 Å². The average molecular weight is 263 g/mol. The van der Waals surface area contributed by atoms with Crippen LogP contribution < -0.4 is 4.74 Å². The Hall–Kier alpha value is -1.39. The second-order valence-electron chi connectivity index (χ2n) is 4.76. The van der Waals surface area contributed by atoms with Crippen molar-refractivity contribution in [1.82, 2.24) is 4.90 Å². The van der Waals surface area contributed by atoms with Crippen LogP contribution in [0.25, 0.3) is 0 Å². The van der Waals surface area contributed by atoms with Gasteiger partial charge in [-0.1, -0.05) is 19.1 Å². The summed E-state index contributed by atoms with van der Waals surface area (Å²) in [6.07, 6.45) is 1.23. The number of para-hydroxylation sites is 1. The molecule has 0 aliphatic carbocycles. The van der Waals surface area contributed by atoms with Gasteiger partial charge in [0.15, 0.2) is 5.78 Å². The second kappa shape index (κ2) is 6.68. The zero-order valence-electron chi connectivity index (χ0n) is 11.6. The third-order valence-electron chi connectivity index (χ3n) is 3.45. The molecule has 1 aliphatic rings.